The zero-order valence-corrected chi connectivity index (χ0v) is 28.2. The number of hydrogen-bond donors (Lipinski definition) is 0. The van der Waals surface area contributed by atoms with Gasteiger partial charge in [0.25, 0.3) is 0 Å². The second-order valence-electron chi connectivity index (χ2n) is 12.4. The smallest absolute Gasteiger partial charge is 0.192 e. The van der Waals surface area contributed by atoms with Gasteiger partial charge in [-0.15, -0.1) is 0 Å². The van der Waals surface area contributed by atoms with Gasteiger partial charge in [0, 0.05) is 6.61 Å². The lowest BCUT2D eigenvalue weighted by Gasteiger charge is -2.36. The Kier molecular flexibility index (Phi) is 18.5. The van der Waals surface area contributed by atoms with Crippen molar-refractivity contribution in [3.63, 3.8) is 0 Å². The minimum absolute atomic E-state index is 0.182. The fourth-order valence-corrected chi connectivity index (χ4v) is 4.70. The Morgan fingerprint density at radius 3 is 1.35 bits per heavy atom. The lowest BCUT2D eigenvalue weighted by atomic mass is 10.2. The molecule has 0 saturated heterocycles. The highest BCUT2D eigenvalue weighted by atomic mass is 28.4. The number of rotatable bonds is 22. The van der Waals surface area contributed by atoms with Crippen LogP contribution < -0.4 is 0 Å². The maximum absolute atomic E-state index is 6.20. The van der Waals surface area contributed by atoms with Gasteiger partial charge in [-0.05, 0) is 50.1 Å². The average molecular weight is 569 g/mol. The van der Waals surface area contributed by atoms with Crippen molar-refractivity contribution in [1.82, 2.24) is 0 Å². The molecule has 10 heteroatoms. The number of hydrogen-bond acceptors (Lipinski definition) is 8. The molecule has 0 fully saturated rings. The van der Waals surface area contributed by atoms with Gasteiger partial charge in [0.1, 0.15) is 6.10 Å². The van der Waals surface area contributed by atoms with Gasteiger partial charge in [-0.3, -0.25) is 0 Å². The van der Waals surface area contributed by atoms with Crippen LogP contribution in [0.1, 0.15) is 55.4 Å². The molecule has 0 amide bonds. The molecule has 0 N–H and O–H groups in total. The highest BCUT2D eigenvalue weighted by molar-refractivity contribution is 6.74. The Hall–Kier alpha value is 0.114. The lowest BCUT2D eigenvalue weighted by molar-refractivity contribution is -0.138. The fraction of sp³-hybridized carbons (Fsp3) is 1.00. The zero-order chi connectivity index (χ0) is 28.6. The predicted octanol–water partition coefficient (Wildman–Crippen LogP) is 5.86. The van der Waals surface area contributed by atoms with Crippen LogP contribution >= 0.6 is 0 Å². The normalized spacial score (nSPS) is 14.5. The lowest BCUT2D eigenvalue weighted by Crippen LogP contribution is -2.42. The van der Waals surface area contributed by atoms with Crippen LogP contribution in [-0.2, 0) is 37.3 Å². The maximum Gasteiger partial charge on any atom is 0.192 e. The minimum atomic E-state index is -1.77. The fourth-order valence-electron chi connectivity index (χ4n) is 2.65. The number of ether oxygens (including phenoxy) is 6. The highest BCUT2D eigenvalue weighted by Gasteiger charge is 2.37. The molecule has 1 atom stereocenters. The summed E-state index contributed by atoms with van der Waals surface area (Å²) < 4.78 is 46.7. The summed E-state index contributed by atoms with van der Waals surface area (Å²) in [5.74, 6) is 0. The molecule has 0 aliphatic rings. The molecule has 0 heterocycles. The highest BCUT2D eigenvalue weighted by Crippen LogP contribution is 2.37. The van der Waals surface area contributed by atoms with Crippen LogP contribution in [0.4, 0.5) is 0 Å². The predicted molar refractivity (Wildman–Crippen MR) is 156 cm³/mol. The molecule has 0 aromatic carbocycles. The third-order valence-corrected chi connectivity index (χ3v) is 16.2. The standard InChI is InChI=1S/C27H60O8Si2/c1-13-31-24(2)32-18-14-28-15-19-33-25(22-29-16-20-34-36(9,10)26(3,4)5)23-30-17-21-35-37(11,12)27(6,7)8/h24-25H,13-23H2,1-12H3. The molecule has 224 valence electrons. The molecular formula is C27H60O8Si2. The monoisotopic (exact) mass is 568 g/mol. The molecule has 8 nitrogen and oxygen atoms in total. The van der Waals surface area contributed by atoms with Gasteiger partial charge in [-0.2, -0.15) is 0 Å². The third kappa shape index (κ3) is 17.4. The van der Waals surface area contributed by atoms with Crippen LogP contribution in [0.5, 0.6) is 0 Å². The van der Waals surface area contributed by atoms with E-state index >= 15 is 0 Å². The Morgan fingerprint density at radius 1 is 0.541 bits per heavy atom. The molecule has 0 aliphatic heterocycles. The second-order valence-corrected chi connectivity index (χ2v) is 22.0. The van der Waals surface area contributed by atoms with E-state index in [1.54, 1.807) is 0 Å². The summed E-state index contributed by atoms with van der Waals surface area (Å²) in [6, 6.07) is 0. The quantitative estimate of drug-likeness (QED) is 0.0913. The Balaban J connectivity index is 4.40. The molecule has 0 spiro atoms. The van der Waals surface area contributed by atoms with Crippen molar-refractivity contribution in [3.05, 3.63) is 0 Å². The van der Waals surface area contributed by atoms with Crippen LogP contribution in [0, 0.1) is 0 Å². The topological polar surface area (TPSA) is 73.8 Å². The van der Waals surface area contributed by atoms with Crippen molar-refractivity contribution < 1.29 is 37.3 Å². The molecular weight excluding hydrogens is 508 g/mol. The van der Waals surface area contributed by atoms with E-state index in [0.29, 0.717) is 72.7 Å². The Labute approximate surface area is 230 Å². The molecule has 0 aromatic rings. The zero-order valence-electron chi connectivity index (χ0n) is 26.2. The van der Waals surface area contributed by atoms with Crippen molar-refractivity contribution in [1.29, 1.82) is 0 Å². The van der Waals surface area contributed by atoms with E-state index in [2.05, 4.69) is 67.7 Å². The van der Waals surface area contributed by atoms with Gasteiger partial charge in [0.05, 0.1) is 66.1 Å². The van der Waals surface area contributed by atoms with Gasteiger partial charge in [-0.1, -0.05) is 41.5 Å². The molecule has 0 radical (unpaired) electrons. The summed E-state index contributed by atoms with van der Waals surface area (Å²) in [7, 11) is -3.54. The van der Waals surface area contributed by atoms with E-state index in [1.165, 1.54) is 0 Å². The summed E-state index contributed by atoms with van der Waals surface area (Å²) in [6.45, 7) is 32.0. The summed E-state index contributed by atoms with van der Waals surface area (Å²) >= 11 is 0. The Morgan fingerprint density at radius 2 is 0.946 bits per heavy atom. The van der Waals surface area contributed by atoms with Gasteiger partial charge in [0.15, 0.2) is 22.9 Å². The first-order chi connectivity index (χ1) is 17.0. The first-order valence-electron chi connectivity index (χ1n) is 13.9. The van der Waals surface area contributed by atoms with Gasteiger partial charge >= 0.3 is 0 Å². The SMILES string of the molecule is CCOC(C)OCCOCCOC(COCCO[Si](C)(C)C(C)(C)C)COCCO[Si](C)(C)C(C)(C)C. The van der Waals surface area contributed by atoms with Crippen LogP contribution in [0.25, 0.3) is 0 Å². The van der Waals surface area contributed by atoms with Crippen LogP contribution in [-0.4, -0.2) is 102 Å². The first kappa shape index (κ1) is 37.1. The van der Waals surface area contributed by atoms with E-state index in [1.807, 2.05) is 13.8 Å². The molecule has 37 heavy (non-hydrogen) atoms. The summed E-state index contributed by atoms with van der Waals surface area (Å²) in [4.78, 5) is 0. The molecule has 0 saturated carbocycles. The van der Waals surface area contributed by atoms with Crippen molar-refractivity contribution in [2.24, 2.45) is 0 Å². The summed E-state index contributed by atoms with van der Waals surface area (Å²) in [6.07, 6.45) is -0.400. The van der Waals surface area contributed by atoms with Gasteiger partial charge in [-0.25, -0.2) is 0 Å². The molecule has 0 aromatic heterocycles. The van der Waals surface area contributed by atoms with Gasteiger partial charge in [0.2, 0.25) is 0 Å². The van der Waals surface area contributed by atoms with Crippen LogP contribution in [0.2, 0.25) is 36.3 Å². The molecule has 1 unspecified atom stereocenters. The van der Waals surface area contributed by atoms with E-state index in [-0.39, 0.29) is 22.5 Å². The molecule has 0 bridgehead atoms. The Bertz CT molecular complexity index is 526. The second kappa shape index (κ2) is 18.5. The molecule has 0 aliphatic carbocycles. The third-order valence-electron chi connectivity index (χ3n) is 7.16. The first-order valence-corrected chi connectivity index (χ1v) is 19.7. The van der Waals surface area contributed by atoms with Crippen molar-refractivity contribution in [3.8, 4) is 0 Å². The minimum Gasteiger partial charge on any atom is -0.414 e. The van der Waals surface area contributed by atoms with Crippen LogP contribution in [0.15, 0.2) is 0 Å². The van der Waals surface area contributed by atoms with Crippen LogP contribution in [0.3, 0.4) is 0 Å². The van der Waals surface area contributed by atoms with E-state index in [9.17, 15) is 0 Å². The average Bonchev–Trinajstić information content (AvgIpc) is 2.75. The van der Waals surface area contributed by atoms with E-state index in [0.717, 1.165) is 0 Å². The maximum atomic E-state index is 6.20. The van der Waals surface area contributed by atoms with Crippen molar-refractivity contribution in [2.45, 2.75) is 104 Å². The van der Waals surface area contributed by atoms with Gasteiger partial charge < -0.3 is 37.3 Å². The summed E-state index contributed by atoms with van der Waals surface area (Å²) in [5.41, 5.74) is 0. The van der Waals surface area contributed by atoms with Crippen molar-refractivity contribution >= 4 is 16.6 Å². The summed E-state index contributed by atoms with van der Waals surface area (Å²) in [5, 5.41) is 0.371. The van der Waals surface area contributed by atoms with E-state index < -0.39 is 16.6 Å². The van der Waals surface area contributed by atoms with E-state index in [4.69, 9.17) is 37.3 Å². The van der Waals surface area contributed by atoms with Crippen molar-refractivity contribution in [2.75, 3.05) is 72.7 Å². The largest absolute Gasteiger partial charge is 0.414 e. The molecule has 0 rings (SSSR count).